The van der Waals surface area contributed by atoms with Crippen molar-refractivity contribution in [2.45, 2.75) is 36.9 Å². The predicted octanol–water partition coefficient (Wildman–Crippen LogP) is 3.87. The minimum absolute atomic E-state index is 0.0921. The highest BCUT2D eigenvalue weighted by atomic mass is 19.1. The van der Waals surface area contributed by atoms with Gasteiger partial charge < -0.3 is 15.2 Å². The number of carbonyl (C=O) groups is 2. The molecule has 6 rings (SSSR count). The van der Waals surface area contributed by atoms with Crippen molar-refractivity contribution < 1.29 is 23.8 Å². The average Bonchev–Trinajstić information content (AvgIpc) is 2.95. The second-order valence-corrected chi connectivity index (χ2v) is 8.28. The van der Waals surface area contributed by atoms with Crippen molar-refractivity contribution in [3.8, 4) is 11.1 Å². The van der Waals surface area contributed by atoms with Crippen molar-refractivity contribution in [2.24, 2.45) is 5.41 Å². The van der Waals surface area contributed by atoms with Crippen LogP contribution in [0.2, 0.25) is 0 Å². The highest BCUT2D eigenvalue weighted by Crippen LogP contribution is 2.71. The second kappa shape index (κ2) is 5.80. The summed E-state index contributed by atoms with van der Waals surface area (Å²) in [5, 5.41) is 11.9. The van der Waals surface area contributed by atoms with Crippen LogP contribution in [0.5, 0.6) is 0 Å². The molecule has 2 N–H and O–H groups in total. The van der Waals surface area contributed by atoms with Crippen LogP contribution in [0.4, 0.5) is 9.18 Å². The van der Waals surface area contributed by atoms with Crippen LogP contribution in [0.15, 0.2) is 48.5 Å². The van der Waals surface area contributed by atoms with Gasteiger partial charge in [0.2, 0.25) is 0 Å². The number of alkyl carbamates (subject to hydrolysis) is 1. The maximum absolute atomic E-state index is 13.8. The van der Waals surface area contributed by atoms with E-state index in [0.717, 1.165) is 22.3 Å². The highest BCUT2D eigenvalue weighted by Gasteiger charge is 2.73. The summed E-state index contributed by atoms with van der Waals surface area (Å²) >= 11 is 0. The Kier molecular flexibility index (Phi) is 3.57. The van der Waals surface area contributed by atoms with Crippen LogP contribution in [0.3, 0.4) is 0 Å². The molecule has 4 aliphatic rings. The number of fused-ring (bicyclic) bond motifs is 3. The number of nitrogens with one attached hydrogen (secondary N) is 1. The smallest absolute Gasteiger partial charge is 0.407 e. The molecule has 0 heterocycles. The first-order valence-corrected chi connectivity index (χ1v) is 9.44. The molecular weight excluding hydrogens is 361 g/mol. The van der Waals surface area contributed by atoms with Crippen molar-refractivity contribution in [2.75, 3.05) is 6.61 Å². The lowest BCUT2D eigenvalue weighted by Gasteiger charge is -2.67. The van der Waals surface area contributed by atoms with Crippen molar-refractivity contribution in [1.29, 1.82) is 0 Å². The van der Waals surface area contributed by atoms with Crippen LogP contribution < -0.4 is 5.32 Å². The van der Waals surface area contributed by atoms with Crippen LogP contribution >= 0.6 is 0 Å². The fourth-order valence-corrected chi connectivity index (χ4v) is 5.28. The number of carboxylic acid groups (broad SMARTS) is 1. The molecule has 0 unspecified atom stereocenters. The third kappa shape index (κ3) is 2.44. The molecule has 3 fully saturated rings. The molecule has 3 saturated carbocycles. The lowest BCUT2D eigenvalue weighted by atomic mass is 9.40. The van der Waals surface area contributed by atoms with E-state index in [1.807, 2.05) is 48.5 Å². The first kappa shape index (κ1) is 17.2. The number of hydrogen-bond donors (Lipinski definition) is 2. The Labute approximate surface area is 161 Å². The van der Waals surface area contributed by atoms with Gasteiger partial charge in [0.15, 0.2) is 0 Å². The molecule has 5 nitrogen and oxygen atoms in total. The Bertz CT molecular complexity index is 923. The SMILES string of the molecule is O=C(N[C@H](C(=O)O)C12CC(F)(C1)C2)OCC1c2ccccc2-c2ccccc21. The Hall–Kier alpha value is -2.89. The van der Waals surface area contributed by atoms with Crippen molar-refractivity contribution in [3.05, 3.63) is 59.7 Å². The largest absolute Gasteiger partial charge is 0.480 e. The quantitative estimate of drug-likeness (QED) is 0.824. The van der Waals surface area contributed by atoms with E-state index in [9.17, 15) is 19.1 Å². The molecule has 28 heavy (non-hydrogen) atoms. The summed E-state index contributed by atoms with van der Waals surface area (Å²) in [6, 6.07) is 14.9. The number of benzene rings is 2. The van der Waals surface area contributed by atoms with E-state index < -0.39 is 29.2 Å². The molecule has 2 aromatic carbocycles. The summed E-state index contributed by atoms with van der Waals surface area (Å²) in [5.74, 6) is -1.24. The predicted molar refractivity (Wildman–Crippen MR) is 99.8 cm³/mol. The van der Waals surface area contributed by atoms with E-state index in [1.165, 1.54) is 0 Å². The van der Waals surface area contributed by atoms with Crippen LogP contribution in [-0.4, -0.2) is 35.5 Å². The van der Waals surface area contributed by atoms with Gasteiger partial charge >= 0.3 is 12.1 Å². The van der Waals surface area contributed by atoms with Crippen molar-refractivity contribution >= 4 is 12.1 Å². The van der Waals surface area contributed by atoms with Crippen molar-refractivity contribution in [3.63, 3.8) is 0 Å². The normalized spacial score (nSPS) is 27.6. The van der Waals surface area contributed by atoms with E-state index in [-0.39, 0.29) is 31.8 Å². The summed E-state index contributed by atoms with van der Waals surface area (Å²) in [6.07, 6.45) is -0.186. The molecule has 0 radical (unpaired) electrons. The zero-order valence-electron chi connectivity index (χ0n) is 15.2. The number of carboxylic acids is 1. The van der Waals surface area contributed by atoms with Gasteiger partial charge in [-0.1, -0.05) is 48.5 Å². The van der Waals surface area contributed by atoms with E-state index in [0.29, 0.717) is 0 Å². The number of hydrogen-bond acceptors (Lipinski definition) is 3. The van der Waals surface area contributed by atoms with Crippen molar-refractivity contribution in [1.82, 2.24) is 5.32 Å². The minimum atomic E-state index is -1.23. The summed E-state index contributed by atoms with van der Waals surface area (Å²) in [6.45, 7) is 0.117. The third-order valence-corrected chi connectivity index (χ3v) is 6.47. The monoisotopic (exact) mass is 381 g/mol. The molecule has 0 aliphatic heterocycles. The number of aliphatic carboxylic acids is 1. The Balaban J connectivity index is 1.29. The standard InChI is InChI=1S/C22H20FNO4/c23-22-10-21(11-22,12-22)18(19(25)26)24-20(27)28-9-17-15-7-3-1-5-13(15)14-6-2-4-8-16(14)17/h1-8,17-18H,9-12H2,(H,24,27)(H,25,26)/t18-,21?,22?/m1/s1. The molecule has 6 heteroatoms. The number of carbonyl (C=O) groups excluding carboxylic acids is 1. The number of alkyl halides is 1. The fourth-order valence-electron chi connectivity index (χ4n) is 5.28. The van der Waals surface area contributed by atoms with Gasteiger partial charge in [0.1, 0.15) is 18.3 Å². The fraction of sp³-hybridized carbons (Fsp3) is 0.364. The molecular formula is C22H20FNO4. The molecule has 0 saturated heterocycles. The molecule has 4 aliphatic carbocycles. The molecule has 144 valence electrons. The summed E-state index contributed by atoms with van der Waals surface area (Å²) < 4.78 is 19.2. The summed E-state index contributed by atoms with van der Waals surface area (Å²) in [4.78, 5) is 23.9. The van der Waals surface area contributed by atoms with Gasteiger partial charge in [-0.3, -0.25) is 0 Å². The van der Waals surface area contributed by atoms with E-state index in [4.69, 9.17) is 4.74 Å². The van der Waals surface area contributed by atoms with Crippen LogP contribution in [0, 0.1) is 5.41 Å². The topological polar surface area (TPSA) is 75.6 Å². The zero-order chi connectivity index (χ0) is 19.5. The maximum atomic E-state index is 13.8. The molecule has 1 atom stereocenters. The first-order valence-electron chi connectivity index (χ1n) is 9.44. The molecule has 0 aromatic heterocycles. The minimum Gasteiger partial charge on any atom is -0.480 e. The second-order valence-electron chi connectivity index (χ2n) is 8.28. The maximum Gasteiger partial charge on any atom is 0.407 e. The van der Waals surface area contributed by atoms with Crippen LogP contribution in [0.1, 0.15) is 36.3 Å². The summed E-state index contributed by atoms with van der Waals surface area (Å²) in [7, 11) is 0. The summed E-state index contributed by atoms with van der Waals surface area (Å²) in [5.41, 5.74) is 2.54. The number of ether oxygens (including phenoxy) is 1. The Morgan fingerprint density at radius 3 is 2.11 bits per heavy atom. The lowest BCUT2D eigenvalue weighted by molar-refractivity contribution is -0.230. The Morgan fingerprint density at radius 2 is 1.61 bits per heavy atom. The van der Waals surface area contributed by atoms with E-state index in [2.05, 4.69) is 5.32 Å². The van der Waals surface area contributed by atoms with Gasteiger partial charge in [0, 0.05) is 11.3 Å². The number of rotatable bonds is 5. The lowest BCUT2D eigenvalue weighted by Crippen LogP contribution is -2.73. The van der Waals surface area contributed by atoms with Gasteiger partial charge in [-0.25, -0.2) is 14.0 Å². The van der Waals surface area contributed by atoms with Gasteiger partial charge in [-0.05, 0) is 41.5 Å². The first-order chi connectivity index (χ1) is 13.4. The van der Waals surface area contributed by atoms with Gasteiger partial charge in [0.05, 0.1) is 0 Å². The zero-order valence-corrected chi connectivity index (χ0v) is 15.2. The molecule has 1 amide bonds. The van der Waals surface area contributed by atoms with Crippen LogP contribution in [-0.2, 0) is 9.53 Å². The van der Waals surface area contributed by atoms with E-state index >= 15 is 0 Å². The van der Waals surface area contributed by atoms with Crippen LogP contribution in [0.25, 0.3) is 11.1 Å². The molecule has 2 bridgehead atoms. The number of amides is 1. The Morgan fingerprint density at radius 1 is 1.07 bits per heavy atom. The molecule has 0 spiro atoms. The third-order valence-electron chi connectivity index (χ3n) is 6.47. The van der Waals surface area contributed by atoms with Gasteiger partial charge in [-0.15, -0.1) is 0 Å². The highest BCUT2D eigenvalue weighted by molar-refractivity contribution is 5.82. The molecule has 2 aromatic rings. The van der Waals surface area contributed by atoms with Gasteiger partial charge in [0.25, 0.3) is 0 Å². The van der Waals surface area contributed by atoms with E-state index in [1.54, 1.807) is 0 Å². The number of halogens is 1. The van der Waals surface area contributed by atoms with Gasteiger partial charge in [-0.2, -0.15) is 0 Å². The average molecular weight is 381 g/mol.